The quantitative estimate of drug-likeness (QED) is 0.490. The molecule has 0 aromatic carbocycles. The van der Waals surface area contributed by atoms with Gasteiger partial charge in [0.15, 0.2) is 5.52 Å². The molecule has 118 valence electrons. The molecule has 1 amide bonds. The number of pyridine rings is 1. The summed E-state index contributed by atoms with van der Waals surface area (Å²) in [5.41, 5.74) is 3.05. The second kappa shape index (κ2) is 5.55. The molecule has 0 radical (unpaired) electrons. The minimum absolute atomic E-state index is 0.0767. The molecule has 0 bridgehead atoms. The van der Waals surface area contributed by atoms with Gasteiger partial charge in [0.1, 0.15) is 10.0 Å². The van der Waals surface area contributed by atoms with E-state index < -0.39 is 0 Å². The summed E-state index contributed by atoms with van der Waals surface area (Å²) in [4.78, 5) is 17.5. The summed E-state index contributed by atoms with van der Waals surface area (Å²) >= 11 is 3.19. The van der Waals surface area contributed by atoms with Crippen molar-refractivity contribution in [2.75, 3.05) is 11.9 Å². The van der Waals surface area contributed by atoms with Crippen molar-refractivity contribution >= 4 is 43.8 Å². The molecule has 1 aliphatic rings. The predicted octanol–water partition coefficient (Wildman–Crippen LogP) is 2.15. The van der Waals surface area contributed by atoms with Crippen molar-refractivity contribution in [1.29, 1.82) is 0 Å². The average molecular weight is 347 g/mol. The number of nitrogens with one attached hydrogen (secondary N) is 2. The van der Waals surface area contributed by atoms with E-state index in [1.54, 1.807) is 35.1 Å². The van der Waals surface area contributed by atoms with Crippen LogP contribution in [0.3, 0.4) is 0 Å². The van der Waals surface area contributed by atoms with Crippen LogP contribution in [0, 0.1) is 0 Å². The molecule has 0 aliphatic carbocycles. The zero-order chi connectivity index (χ0) is 16.0. The Morgan fingerprint density at radius 3 is 3.17 bits per heavy atom. The van der Waals surface area contributed by atoms with Gasteiger partial charge in [-0.2, -0.15) is 0 Å². The predicted molar refractivity (Wildman–Crippen MR) is 90.0 cm³/mol. The Kier molecular flexibility index (Phi) is 3.51. The summed E-state index contributed by atoms with van der Waals surface area (Å²) in [6, 6.07) is 1.84. The third-order valence-corrected chi connectivity index (χ3v) is 5.95. The number of rotatable bonds is 2. The number of thiophene rings is 1. The molecule has 8 heteroatoms. The lowest BCUT2D eigenvalue weighted by Crippen LogP contribution is -2.27. The summed E-state index contributed by atoms with van der Waals surface area (Å²) in [5, 5.41) is 17.6. The smallest absolute Gasteiger partial charge is 0.249 e. The number of thiazole rings is 1. The minimum Gasteiger partial charge on any atom is -0.317 e. The molecular weight excluding hydrogens is 332 g/mol. The third-order valence-electron chi connectivity index (χ3n) is 3.75. The number of carbonyl (C=O) groups is 1. The lowest BCUT2D eigenvalue weighted by atomic mass is 10.0. The highest BCUT2D eigenvalue weighted by atomic mass is 32.1. The summed E-state index contributed by atoms with van der Waals surface area (Å²) in [6.07, 6.45) is 4.11. The number of fused-ring (bicyclic) bond motifs is 2. The van der Waals surface area contributed by atoms with Crippen molar-refractivity contribution in [3.8, 4) is 10.6 Å². The summed E-state index contributed by atoms with van der Waals surface area (Å²) in [6.45, 7) is 3.28. The van der Waals surface area contributed by atoms with E-state index in [9.17, 15) is 10.0 Å². The molecule has 0 fully saturated rings. The molecule has 3 N–H and O–H groups in total. The van der Waals surface area contributed by atoms with Gasteiger partial charge < -0.3 is 10.6 Å². The monoisotopic (exact) mass is 347 g/mol. The topological polar surface area (TPSA) is 78.1 Å². The van der Waals surface area contributed by atoms with E-state index in [4.69, 9.17) is 0 Å². The molecule has 1 aliphatic heterocycles. The lowest BCUT2D eigenvalue weighted by Gasteiger charge is -2.13. The molecule has 3 aromatic rings. The van der Waals surface area contributed by atoms with Crippen LogP contribution >= 0.6 is 22.7 Å². The molecule has 0 atom stereocenters. The standard InChI is InChI=1S/C15H14N4O2S2/c1-8(20)17-14-13(9-2-4-16-6-12(9)23-14)15-18-10-7-19(21)5-3-11(10)22-15/h3,5,7,16H,2,4,6H2,1H3,(H-,17,18,20,21)/p+1. The number of carbonyl (C=O) groups excluding carboxylic acids is 1. The van der Waals surface area contributed by atoms with Crippen molar-refractivity contribution in [3.05, 3.63) is 28.9 Å². The number of aromatic nitrogens is 2. The Hall–Kier alpha value is -2.03. The van der Waals surface area contributed by atoms with Gasteiger partial charge in [0.2, 0.25) is 18.3 Å². The van der Waals surface area contributed by atoms with E-state index in [0.717, 1.165) is 50.0 Å². The molecule has 23 heavy (non-hydrogen) atoms. The number of hydrogen-bond acceptors (Lipinski definition) is 6. The van der Waals surface area contributed by atoms with Gasteiger partial charge in [0, 0.05) is 34.7 Å². The maximum Gasteiger partial charge on any atom is 0.249 e. The van der Waals surface area contributed by atoms with Gasteiger partial charge in [-0.25, -0.2) is 4.98 Å². The molecule has 6 nitrogen and oxygen atoms in total. The highest BCUT2D eigenvalue weighted by molar-refractivity contribution is 7.22. The molecule has 4 heterocycles. The van der Waals surface area contributed by atoms with E-state index in [1.807, 2.05) is 6.07 Å². The van der Waals surface area contributed by atoms with Gasteiger partial charge in [-0.1, -0.05) is 0 Å². The van der Waals surface area contributed by atoms with Crippen LogP contribution in [0.1, 0.15) is 17.4 Å². The Balaban J connectivity index is 1.90. The number of amides is 1. The summed E-state index contributed by atoms with van der Waals surface area (Å²) in [7, 11) is 0. The number of hydrogen-bond donors (Lipinski definition) is 3. The Morgan fingerprint density at radius 2 is 2.35 bits per heavy atom. The zero-order valence-electron chi connectivity index (χ0n) is 12.4. The van der Waals surface area contributed by atoms with Crippen LogP contribution in [-0.4, -0.2) is 22.6 Å². The Bertz CT molecular complexity index is 916. The lowest BCUT2D eigenvalue weighted by molar-refractivity contribution is -0.904. The van der Waals surface area contributed by atoms with Crippen molar-refractivity contribution in [2.24, 2.45) is 0 Å². The highest BCUT2D eigenvalue weighted by Crippen LogP contribution is 2.44. The van der Waals surface area contributed by atoms with Crippen molar-refractivity contribution in [1.82, 2.24) is 10.3 Å². The largest absolute Gasteiger partial charge is 0.317 e. The normalized spacial score (nSPS) is 14.0. The first kappa shape index (κ1) is 14.6. The molecule has 4 rings (SSSR count). The fourth-order valence-corrected chi connectivity index (χ4v) is 5.12. The first-order valence-electron chi connectivity index (χ1n) is 7.26. The molecule has 0 saturated carbocycles. The van der Waals surface area contributed by atoms with E-state index in [0.29, 0.717) is 0 Å². The molecule has 0 saturated heterocycles. The number of nitrogens with zero attached hydrogens (tertiary/aromatic N) is 2. The molecule has 3 aromatic heterocycles. The van der Waals surface area contributed by atoms with E-state index in [1.165, 1.54) is 17.4 Å². The molecule has 0 unspecified atom stereocenters. The van der Waals surface area contributed by atoms with Crippen LogP contribution in [0.15, 0.2) is 18.5 Å². The summed E-state index contributed by atoms with van der Waals surface area (Å²) < 4.78 is 2.01. The number of anilines is 1. The van der Waals surface area contributed by atoms with Crippen LogP contribution in [0.4, 0.5) is 5.00 Å². The Labute approximate surface area is 140 Å². The average Bonchev–Trinajstić information content (AvgIpc) is 3.05. The van der Waals surface area contributed by atoms with Gasteiger partial charge in [-0.3, -0.25) is 10.0 Å². The fourth-order valence-electron chi connectivity index (χ4n) is 2.78. The summed E-state index contributed by atoms with van der Waals surface area (Å²) in [5.74, 6) is -0.0767. The van der Waals surface area contributed by atoms with Crippen LogP contribution in [0.25, 0.3) is 20.8 Å². The van der Waals surface area contributed by atoms with E-state index in [2.05, 4.69) is 15.6 Å². The van der Waals surface area contributed by atoms with Gasteiger partial charge in [-0.05, 0) is 18.5 Å². The molecular formula is C15H15N4O2S2+. The third kappa shape index (κ3) is 2.58. The van der Waals surface area contributed by atoms with E-state index >= 15 is 0 Å². The minimum atomic E-state index is -0.0767. The van der Waals surface area contributed by atoms with Crippen LogP contribution in [-0.2, 0) is 17.8 Å². The van der Waals surface area contributed by atoms with Crippen LogP contribution in [0.5, 0.6) is 0 Å². The highest BCUT2D eigenvalue weighted by Gasteiger charge is 2.25. The zero-order valence-corrected chi connectivity index (χ0v) is 14.1. The Morgan fingerprint density at radius 1 is 1.48 bits per heavy atom. The van der Waals surface area contributed by atoms with Crippen LogP contribution < -0.4 is 15.4 Å². The van der Waals surface area contributed by atoms with E-state index in [-0.39, 0.29) is 5.91 Å². The van der Waals surface area contributed by atoms with Crippen molar-refractivity contribution < 1.29 is 14.7 Å². The van der Waals surface area contributed by atoms with Crippen molar-refractivity contribution in [2.45, 2.75) is 19.9 Å². The van der Waals surface area contributed by atoms with Crippen molar-refractivity contribution in [3.63, 3.8) is 0 Å². The first-order chi connectivity index (χ1) is 11.1. The maximum absolute atomic E-state index is 11.6. The molecule has 0 spiro atoms. The van der Waals surface area contributed by atoms with Gasteiger partial charge in [0.25, 0.3) is 0 Å². The first-order valence-corrected chi connectivity index (χ1v) is 8.89. The van der Waals surface area contributed by atoms with Gasteiger partial charge >= 0.3 is 0 Å². The van der Waals surface area contributed by atoms with Crippen LogP contribution in [0.2, 0.25) is 0 Å². The SMILES string of the molecule is CC(=O)Nc1sc2c(c1-c1nc3c[n+](O)ccc3s1)CCNC2. The maximum atomic E-state index is 11.6. The van der Waals surface area contributed by atoms with Gasteiger partial charge in [0.05, 0.1) is 4.70 Å². The second-order valence-corrected chi connectivity index (χ2v) is 7.55. The fraction of sp³-hybridized carbons (Fsp3) is 0.267. The van der Waals surface area contributed by atoms with Gasteiger partial charge in [-0.15, -0.1) is 22.7 Å². The second-order valence-electron chi connectivity index (χ2n) is 5.41.